The third-order valence-electron chi connectivity index (χ3n) is 5.99. The van der Waals surface area contributed by atoms with Gasteiger partial charge in [0, 0.05) is 11.6 Å². The second kappa shape index (κ2) is 6.87. The molecule has 2 fully saturated rings. The van der Waals surface area contributed by atoms with Crippen molar-refractivity contribution in [3.63, 3.8) is 0 Å². The minimum atomic E-state index is -3.58. The number of sulfonamides is 1. The molecule has 0 unspecified atom stereocenters. The van der Waals surface area contributed by atoms with Gasteiger partial charge in [-0.3, -0.25) is 0 Å². The Labute approximate surface area is 145 Å². The number of hydrogen-bond acceptors (Lipinski definition) is 3. The third-order valence-corrected chi connectivity index (χ3v) is 7.21. The normalized spacial score (nSPS) is 28.1. The van der Waals surface area contributed by atoms with Gasteiger partial charge in [-0.2, -0.15) is 13.5 Å². The average Bonchev–Trinajstić information content (AvgIpc) is 3.22. The quantitative estimate of drug-likeness (QED) is 0.616. The Kier molecular flexibility index (Phi) is 5.00. The van der Waals surface area contributed by atoms with Gasteiger partial charge in [-0.15, -0.1) is 0 Å². The highest BCUT2D eigenvalue weighted by molar-refractivity contribution is 7.89. The van der Waals surface area contributed by atoms with Gasteiger partial charge in [-0.25, -0.2) is 4.83 Å². The van der Waals surface area contributed by atoms with Gasteiger partial charge in [0.25, 0.3) is 10.0 Å². The van der Waals surface area contributed by atoms with Crippen LogP contribution in [-0.2, 0) is 10.0 Å². The molecule has 2 aliphatic carbocycles. The standard InChI is InChI=1S/C19H28N2O2S/c1-4-13(2)16-7-9-18(10-8-16)24(22,23)21-20-14(3)19-12-15-5-6-17(19)11-15/h7-10,13,15,17,19,21H,4-6,11-12H2,1-3H3/b20-14-/t13-,15+,17+,19+/m1/s1. The Bertz CT molecular complexity index is 709. The molecule has 5 heteroatoms. The Balaban J connectivity index is 1.68. The number of nitrogens with one attached hydrogen (secondary N) is 1. The molecule has 3 rings (SSSR count). The number of nitrogens with zero attached hydrogens (tertiary/aromatic N) is 1. The molecule has 1 aromatic carbocycles. The molecule has 2 saturated carbocycles. The van der Waals surface area contributed by atoms with E-state index in [9.17, 15) is 8.42 Å². The van der Waals surface area contributed by atoms with E-state index in [4.69, 9.17) is 0 Å². The zero-order valence-electron chi connectivity index (χ0n) is 14.8. The van der Waals surface area contributed by atoms with Crippen LogP contribution in [-0.4, -0.2) is 14.1 Å². The number of benzene rings is 1. The summed E-state index contributed by atoms with van der Waals surface area (Å²) in [6.45, 7) is 6.23. The van der Waals surface area contributed by atoms with E-state index < -0.39 is 10.0 Å². The zero-order chi connectivity index (χ0) is 17.3. The molecule has 0 heterocycles. The predicted molar refractivity (Wildman–Crippen MR) is 97.5 cm³/mol. The van der Waals surface area contributed by atoms with E-state index in [0.29, 0.717) is 17.8 Å². The summed E-state index contributed by atoms with van der Waals surface area (Å²) < 4.78 is 24.9. The van der Waals surface area contributed by atoms with Crippen LogP contribution in [0.1, 0.15) is 64.4 Å². The van der Waals surface area contributed by atoms with Gasteiger partial charge in [0.15, 0.2) is 0 Å². The molecular formula is C19H28N2O2S. The topological polar surface area (TPSA) is 58.5 Å². The second-order valence-corrected chi connectivity index (χ2v) is 9.17. The van der Waals surface area contributed by atoms with Crippen molar-refractivity contribution in [1.82, 2.24) is 4.83 Å². The van der Waals surface area contributed by atoms with Crippen molar-refractivity contribution in [1.29, 1.82) is 0 Å². The highest BCUT2D eigenvalue weighted by atomic mass is 32.2. The maximum Gasteiger partial charge on any atom is 0.276 e. The fourth-order valence-electron chi connectivity index (χ4n) is 4.24. The van der Waals surface area contributed by atoms with Gasteiger partial charge in [-0.05, 0) is 68.1 Å². The summed E-state index contributed by atoms with van der Waals surface area (Å²) in [5, 5.41) is 4.23. The van der Waals surface area contributed by atoms with Gasteiger partial charge in [-0.1, -0.05) is 32.4 Å². The summed E-state index contributed by atoms with van der Waals surface area (Å²) in [4.78, 5) is 2.71. The van der Waals surface area contributed by atoms with Crippen LogP contribution in [0.3, 0.4) is 0 Å². The molecule has 4 nitrogen and oxygen atoms in total. The Morgan fingerprint density at radius 2 is 1.96 bits per heavy atom. The minimum Gasteiger partial charge on any atom is -0.200 e. The highest BCUT2D eigenvalue weighted by Gasteiger charge is 2.40. The molecule has 1 aromatic rings. The SMILES string of the molecule is CC[C@@H](C)c1ccc(S(=O)(=O)N/N=C(/C)[C@@H]2C[C@H]3CC[C@H]2C3)cc1. The number of rotatable bonds is 6. The predicted octanol–water partition coefficient (Wildman–Crippen LogP) is 4.29. The molecule has 0 aromatic heterocycles. The molecule has 0 amide bonds. The van der Waals surface area contributed by atoms with Crippen LogP contribution >= 0.6 is 0 Å². The van der Waals surface area contributed by atoms with Gasteiger partial charge in [0.05, 0.1) is 4.90 Å². The van der Waals surface area contributed by atoms with E-state index in [0.717, 1.165) is 23.6 Å². The molecule has 2 aliphatic rings. The van der Waals surface area contributed by atoms with Gasteiger partial charge in [0.1, 0.15) is 0 Å². The lowest BCUT2D eigenvalue weighted by Crippen LogP contribution is -2.24. The smallest absolute Gasteiger partial charge is 0.200 e. The monoisotopic (exact) mass is 348 g/mol. The maximum atomic E-state index is 12.4. The number of hydrazone groups is 1. The Morgan fingerprint density at radius 1 is 1.25 bits per heavy atom. The third kappa shape index (κ3) is 3.51. The molecule has 24 heavy (non-hydrogen) atoms. The largest absolute Gasteiger partial charge is 0.276 e. The lowest BCUT2D eigenvalue weighted by atomic mass is 9.86. The van der Waals surface area contributed by atoms with Crippen LogP contribution in [0.5, 0.6) is 0 Å². The van der Waals surface area contributed by atoms with E-state index >= 15 is 0 Å². The Morgan fingerprint density at radius 3 is 2.50 bits per heavy atom. The molecule has 4 atom stereocenters. The fourth-order valence-corrected chi connectivity index (χ4v) is 5.10. The van der Waals surface area contributed by atoms with E-state index in [1.807, 2.05) is 19.1 Å². The van der Waals surface area contributed by atoms with Crippen molar-refractivity contribution in [3.05, 3.63) is 29.8 Å². The van der Waals surface area contributed by atoms with E-state index in [-0.39, 0.29) is 4.90 Å². The molecule has 0 radical (unpaired) electrons. The summed E-state index contributed by atoms with van der Waals surface area (Å²) in [6, 6.07) is 7.14. The van der Waals surface area contributed by atoms with E-state index in [1.165, 1.54) is 25.7 Å². The summed E-state index contributed by atoms with van der Waals surface area (Å²) in [6.07, 6.45) is 6.11. The Hall–Kier alpha value is -1.36. The first-order valence-corrected chi connectivity index (χ1v) is 10.5. The second-order valence-electron chi connectivity index (χ2n) is 7.51. The van der Waals surface area contributed by atoms with Crippen LogP contribution < -0.4 is 4.83 Å². The van der Waals surface area contributed by atoms with Crippen molar-refractivity contribution in [2.75, 3.05) is 0 Å². The van der Waals surface area contributed by atoms with E-state index in [1.54, 1.807) is 12.1 Å². The van der Waals surface area contributed by atoms with Gasteiger partial charge in [0.2, 0.25) is 0 Å². The number of hydrogen-bond donors (Lipinski definition) is 1. The molecule has 2 bridgehead atoms. The lowest BCUT2D eigenvalue weighted by Gasteiger charge is -2.21. The molecule has 1 N–H and O–H groups in total. The first-order chi connectivity index (χ1) is 11.4. The first-order valence-electron chi connectivity index (χ1n) is 9.06. The average molecular weight is 349 g/mol. The number of fused-ring (bicyclic) bond motifs is 2. The van der Waals surface area contributed by atoms with Crippen molar-refractivity contribution < 1.29 is 8.42 Å². The highest BCUT2D eigenvalue weighted by Crippen LogP contribution is 2.48. The molecule has 0 saturated heterocycles. The van der Waals surface area contributed by atoms with Gasteiger partial charge >= 0.3 is 0 Å². The van der Waals surface area contributed by atoms with Crippen LogP contribution in [0.2, 0.25) is 0 Å². The van der Waals surface area contributed by atoms with Crippen molar-refractivity contribution in [2.45, 2.75) is 63.7 Å². The summed E-state index contributed by atoms with van der Waals surface area (Å²) >= 11 is 0. The molecule has 0 aliphatic heterocycles. The molecule has 0 spiro atoms. The van der Waals surface area contributed by atoms with Crippen LogP contribution in [0.4, 0.5) is 0 Å². The minimum absolute atomic E-state index is 0.277. The summed E-state index contributed by atoms with van der Waals surface area (Å²) in [7, 11) is -3.58. The van der Waals surface area contributed by atoms with Crippen molar-refractivity contribution >= 4 is 15.7 Å². The zero-order valence-corrected chi connectivity index (χ0v) is 15.6. The fraction of sp³-hybridized carbons (Fsp3) is 0.632. The van der Waals surface area contributed by atoms with Crippen LogP contribution in [0, 0.1) is 17.8 Å². The van der Waals surface area contributed by atoms with Crippen LogP contribution in [0.25, 0.3) is 0 Å². The van der Waals surface area contributed by atoms with Crippen molar-refractivity contribution in [2.24, 2.45) is 22.9 Å². The maximum absolute atomic E-state index is 12.4. The summed E-state index contributed by atoms with van der Waals surface area (Å²) in [5.74, 6) is 2.43. The summed E-state index contributed by atoms with van der Waals surface area (Å²) in [5.41, 5.74) is 2.10. The lowest BCUT2D eigenvalue weighted by molar-refractivity contribution is 0.413. The van der Waals surface area contributed by atoms with Crippen molar-refractivity contribution in [3.8, 4) is 0 Å². The van der Waals surface area contributed by atoms with Gasteiger partial charge < -0.3 is 0 Å². The first kappa shape index (κ1) is 17.5. The van der Waals surface area contributed by atoms with E-state index in [2.05, 4.69) is 23.8 Å². The molecule has 132 valence electrons. The molecular weight excluding hydrogens is 320 g/mol. The van der Waals surface area contributed by atoms with Crippen LogP contribution in [0.15, 0.2) is 34.3 Å².